The van der Waals surface area contributed by atoms with Crippen molar-refractivity contribution >= 4 is 11.8 Å². The molecule has 1 saturated carbocycles. The van der Waals surface area contributed by atoms with Crippen LogP contribution in [-0.2, 0) is 38.8 Å². The topological polar surface area (TPSA) is 36.9 Å². The van der Waals surface area contributed by atoms with E-state index in [2.05, 4.69) is 60.7 Å². The van der Waals surface area contributed by atoms with Gasteiger partial charge < -0.3 is 18.9 Å². The maximum atomic E-state index is 6.78. The number of thioether (sulfide) groups is 1. The fourth-order valence-electron chi connectivity index (χ4n) is 5.18. The third-order valence-corrected chi connectivity index (χ3v) is 8.55. The van der Waals surface area contributed by atoms with E-state index in [1.165, 1.54) is 4.90 Å². The molecule has 6 rings (SSSR count). The van der Waals surface area contributed by atoms with Crippen molar-refractivity contribution in [2.24, 2.45) is 5.92 Å². The molecule has 5 heteroatoms. The van der Waals surface area contributed by atoms with Crippen LogP contribution in [-0.4, -0.2) is 29.9 Å². The van der Waals surface area contributed by atoms with Crippen molar-refractivity contribution < 1.29 is 18.9 Å². The Labute approximate surface area is 228 Å². The van der Waals surface area contributed by atoms with Gasteiger partial charge in [-0.05, 0) is 28.8 Å². The van der Waals surface area contributed by atoms with Gasteiger partial charge in [-0.25, -0.2) is 0 Å². The summed E-state index contributed by atoms with van der Waals surface area (Å²) in [4.78, 5) is 1.21. The Morgan fingerprint density at radius 3 is 1.76 bits per heavy atom. The van der Waals surface area contributed by atoms with E-state index in [0.717, 1.165) is 16.7 Å². The van der Waals surface area contributed by atoms with E-state index in [1.807, 2.05) is 72.4 Å². The fourth-order valence-corrected chi connectivity index (χ4v) is 6.64. The van der Waals surface area contributed by atoms with Crippen molar-refractivity contribution in [1.29, 1.82) is 0 Å². The highest BCUT2D eigenvalue weighted by atomic mass is 32.2. The number of ether oxygens (including phenoxy) is 4. The quantitative estimate of drug-likeness (QED) is 0.202. The van der Waals surface area contributed by atoms with Crippen molar-refractivity contribution in [3.63, 3.8) is 0 Å². The first kappa shape index (κ1) is 25.4. The number of benzene rings is 4. The monoisotopic (exact) mass is 524 g/mol. The summed E-state index contributed by atoms with van der Waals surface area (Å²) in [5.41, 5.74) is 3.42. The standard InChI is InChI=1S/C33H32O4S/c1-5-13-25(14-6-1)21-34-24-29-31(35-22-26-15-7-2-8-16-26)30-32(38-28-19-11-4-12-20-28)33(30,37-29)36-23-27-17-9-3-10-18-27/h1-20,29-32H,21-24H2/t29-,30?,31?,32+,33?/m1/s1. The maximum Gasteiger partial charge on any atom is 0.188 e. The predicted octanol–water partition coefficient (Wildman–Crippen LogP) is 6.89. The van der Waals surface area contributed by atoms with Gasteiger partial charge in [0.15, 0.2) is 5.79 Å². The Balaban J connectivity index is 1.21. The molecule has 1 saturated heterocycles. The summed E-state index contributed by atoms with van der Waals surface area (Å²) < 4.78 is 26.2. The molecule has 0 N–H and O–H groups in total. The number of hydrogen-bond acceptors (Lipinski definition) is 5. The van der Waals surface area contributed by atoms with Crippen LogP contribution in [0, 0.1) is 5.92 Å². The van der Waals surface area contributed by atoms with Crippen LogP contribution in [0.2, 0.25) is 0 Å². The largest absolute Gasteiger partial charge is 0.374 e. The van der Waals surface area contributed by atoms with E-state index in [-0.39, 0.29) is 23.4 Å². The number of hydrogen-bond donors (Lipinski definition) is 0. The molecule has 194 valence electrons. The highest BCUT2D eigenvalue weighted by Gasteiger charge is 2.78. The highest BCUT2D eigenvalue weighted by Crippen LogP contribution is 2.65. The van der Waals surface area contributed by atoms with Crippen LogP contribution >= 0.6 is 11.8 Å². The summed E-state index contributed by atoms with van der Waals surface area (Å²) in [6.07, 6.45) is -0.348. The minimum atomic E-state index is -0.710. The maximum absolute atomic E-state index is 6.78. The molecule has 2 fully saturated rings. The predicted molar refractivity (Wildman–Crippen MR) is 150 cm³/mol. The van der Waals surface area contributed by atoms with Crippen molar-refractivity contribution in [3.8, 4) is 0 Å². The van der Waals surface area contributed by atoms with E-state index in [1.54, 1.807) is 0 Å². The molecule has 1 heterocycles. The third-order valence-electron chi connectivity index (χ3n) is 7.13. The van der Waals surface area contributed by atoms with Gasteiger partial charge in [-0.15, -0.1) is 11.8 Å². The molecule has 0 amide bonds. The van der Waals surface area contributed by atoms with Crippen molar-refractivity contribution in [1.82, 2.24) is 0 Å². The normalized spacial score (nSPS) is 25.7. The molecule has 0 bridgehead atoms. The molecule has 4 nitrogen and oxygen atoms in total. The van der Waals surface area contributed by atoms with Crippen LogP contribution < -0.4 is 0 Å². The van der Waals surface area contributed by atoms with Gasteiger partial charge in [0.05, 0.1) is 43.7 Å². The van der Waals surface area contributed by atoms with E-state index in [4.69, 9.17) is 18.9 Å². The van der Waals surface area contributed by atoms with Crippen LogP contribution in [0.5, 0.6) is 0 Å². The van der Waals surface area contributed by atoms with Crippen LogP contribution in [0.15, 0.2) is 126 Å². The summed E-state index contributed by atoms with van der Waals surface area (Å²) in [6, 6.07) is 41.3. The molecule has 4 aromatic rings. The summed E-state index contributed by atoms with van der Waals surface area (Å²) in [7, 11) is 0. The van der Waals surface area contributed by atoms with Gasteiger partial charge in [0, 0.05) is 4.90 Å². The average molecular weight is 525 g/mol. The van der Waals surface area contributed by atoms with Crippen LogP contribution in [0.1, 0.15) is 16.7 Å². The molecule has 2 aliphatic rings. The molecule has 0 spiro atoms. The molecule has 0 aromatic heterocycles. The lowest BCUT2D eigenvalue weighted by molar-refractivity contribution is -0.195. The van der Waals surface area contributed by atoms with Crippen molar-refractivity contribution in [2.75, 3.05) is 6.61 Å². The Hall–Kier alpha value is -2.93. The van der Waals surface area contributed by atoms with Gasteiger partial charge in [0.2, 0.25) is 0 Å². The highest BCUT2D eigenvalue weighted by molar-refractivity contribution is 8.00. The Bertz CT molecular complexity index is 1270. The minimum absolute atomic E-state index is 0.102. The minimum Gasteiger partial charge on any atom is -0.374 e. The van der Waals surface area contributed by atoms with Gasteiger partial charge in [-0.1, -0.05) is 109 Å². The third kappa shape index (κ3) is 5.73. The van der Waals surface area contributed by atoms with Gasteiger partial charge in [-0.2, -0.15) is 0 Å². The SMILES string of the molecule is c1ccc(COC[C@H]2OC3(OCc4ccccc4)C(C2OCc2ccccc2)[C@@H]3Sc2ccccc2)cc1. The lowest BCUT2D eigenvalue weighted by Gasteiger charge is -2.26. The van der Waals surface area contributed by atoms with Gasteiger partial charge in [-0.3, -0.25) is 0 Å². The summed E-state index contributed by atoms with van der Waals surface area (Å²) in [5.74, 6) is -0.608. The van der Waals surface area contributed by atoms with Crippen molar-refractivity contribution in [2.45, 2.75) is 48.0 Å². The van der Waals surface area contributed by atoms with E-state index >= 15 is 0 Å². The zero-order valence-corrected chi connectivity index (χ0v) is 22.0. The lowest BCUT2D eigenvalue weighted by Crippen LogP contribution is -2.36. The van der Waals surface area contributed by atoms with E-state index in [9.17, 15) is 0 Å². The first-order chi connectivity index (χ1) is 18.8. The zero-order valence-electron chi connectivity index (χ0n) is 21.2. The zero-order chi connectivity index (χ0) is 25.6. The lowest BCUT2D eigenvalue weighted by atomic mass is 10.1. The molecule has 0 radical (unpaired) electrons. The Morgan fingerprint density at radius 2 is 1.16 bits per heavy atom. The Kier molecular flexibility index (Phi) is 7.91. The van der Waals surface area contributed by atoms with Crippen LogP contribution in [0.25, 0.3) is 0 Å². The fraction of sp³-hybridized carbons (Fsp3) is 0.273. The number of rotatable bonds is 12. The smallest absolute Gasteiger partial charge is 0.188 e. The van der Waals surface area contributed by atoms with Gasteiger partial charge in [0.25, 0.3) is 0 Å². The van der Waals surface area contributed by atoms with Gasteiger partial charge in [0.1, 0.15) is 6.10 Å². The van der Waals surface area contributed by atoms with Crippen LogP contribution in [0.3, 0.4) is 0 Å². The second-order valence-corrected chi connectivity index (χ2v) is 11.0. The second kappa shape index (κ2) is 11.9. The molecule has 38 heavy (non-hydrogen) atoms. The molecule has 5 atom stereocenters. The molecule has 1 aliphatic heterocycles. The second-order valence-electron chi connectivity index (χ2n) is 9.79. The number of fused-ring (bicyclic) bond motifs is 1. The van der Waals surface area contributed by atoms with E-state index < -0.39 is 5.79 Å². The molecule has 4 aromatic carbocycles. The van der Waals surface area contributed by atoms with Gasteiger partial charge >= 0.3 is 0 Å². The molecular formula is C33H32O4S. The summed E-state index contributed by atoms with van der Waals surface area (Å²) in [5, 5.41) is 0.139. The first-order valence-corrected chi connectivity index (χ1v) is 14.0. The molecular weight excluding hydrogens is 492 g/mol. The van der Waals surface area contributed by atoms with Crippen molar-refractivity contribution in [3.05, 3.63) is 138 Å². The molecule has 3 unspecified atom stereocenters. The first-order valence-electron chi connectivity index (χ1n) is 13.2. The van der Waals surface area contributed by atoms with E-state index in [0.29, 0.717) is 26.4 Å². The van der Waals surface area contributed by atoms with Crippen LogP contribution in [0.4, 0.5) is 0 Å². The average Bonchev–Trinajstić information content (AvgIpc) is 3.44. The molecule has 1 aliphatic carbocycles. The summed E-state index contributed by atoms with van der Waals surface area (Å²) in [6.45, 7) is 2.01. The summed E-state index contributed by atoms with van der Waals surface area (Å²) >= 11 is 1.81. The Morgan fingerprint density at radius 1 is 0.632 bits per heavy atom.